The molecule has 1 amide bonds. The number of rotatable bonds is 2. The standard InChI is InChI=1S/C11H11NO2/c12-11(14)3-1-2-9-4-6-10(8-13)7-5-9/h4-7,13H,3,8H2,(H2,12,14). The monoisotopic (exact) mass is 189 g/mol. The molecule has 0 radical (unpaired) electrons. The first-order valence-electron chi connectivity index (χ1n) is 4.19. The highest BCUT2D eigenvalue weighted by molar-refractivity contribution is 5.76. The summed E-state index contributed by atoms with van der Waals surface area (Å²) in [7, 11) is 0. The smallest absolute Gasteiger partial charge is 0.229 e. The molecule has 1 aromatic carbocycles. The fourth-order valence-electron chi connectivity index (χ4n) is 0.927. The molecule has 0 fully saturated rings. The van der Waals surface area contributed by atoms with Gasteiger partial charge >= 0.3 is 0 Å². The molecule has 0 unspecified atom stereocenters. The zero-order valence-electron chi connectivity index (χ0n) is 7.66. The molecule has 3 nitrogen and oxygen atoms in total. The lowest BCUT2D eigenvalue weighted by molar-refractivity contribution is -0.117. The van der Waals surface area contributed by atoms with Crippen molar-refractivity contribution >= 4 is 5.91 Å². The summed E-state index contributed by atoms with van der Waals surface area (Å²) >= 11 is 0. The number of aliphatic hydroxyl groups excluding tert-OH is 1. The third-order valence-electron chi connectivity index (χ3n) is 1.63. The lowest BCUT2D eigenvalue weighted by Gasteiger charge is -1.94. The summed E-state index contributed by atoms with van der Waals surface area (Å²) in [5, 5.41) is 8.78. The van der Waals surface area contributed by atoms with Gasteiger partial charge in [0.25, 0.3) is 0 Å². The molecule has 0 aliphatic carbocycles. The molecule has 14 heavy (non-hydrogen) atoms. The van der Waals surface area contributed by atoms with Crippen LogP contribution in [-0.4, -0.2) is 11.0 Å². The van der Waals surface area contributed by atoms with Gasteiger partial charge in [0, 0.05) is 5.56 Å². The van der Waals surface area contributed by atoms with Gasteiger partial charge in [0.05, 0.1) is 13.0 Å². The Morgan fingerprint density at radius 1 is 1.36 bits per heavy atom. The molecule has 0 spiro atoms. The van der Waals surface area contributed by atoms with Crippen LogP contribution >= 0.6 is 0 Å². The van der Waals surface area contributed by atoms with Crippen LogP contribution in [0.25, 0.3) is 0 Å². The molecule has 0 saturated carbocycles. The zero-order valence-corrected chi connectivity index (χ0v) is 7.66. The van der Waals surface area contributed by atoms with Crippen molar-refractivity contribution in [2.45, 2.75) is 13.0 Å². The van der Waals surface area contributed by atoms with E-state index in [1.165, 1.54) is 0 Å². The van der Waals surface area contributed by atoms with E-state index in [1.807, 2.05) is 0 Å². The summed E-state index contributed by atoms with van der Waals surface area (Å²) < 4.78 is 0. The quantitative estimate of drug-likeness (QED) is 0.662. The third-order valence-corrected chi connectivity index (χ3v) is 1.63. The maximum absolute atomic E-state index is 10.4. The van der Waals surface area contributed by atoms with E-state index in [1.54, 1.807) is 24.3 Å². The van der Waals surface area contributed by atoms with E-state index in [9.17, 15) is 4.79 Å². The number of hydrogen-bond acceptors (Lipinski definition) is 2. The lowest BCUT2D eigenvalue weighted by atomic mass is 10.1. The summed E-state index contributed by atoms with van der Waals surface area (Å²) in [4.78, 5) is 10.4. The molecule has 1 aromatic rings. The summed E-state index contributed by atoms with van der Waals surface area (Å²) in [6, 6.07) is 7.15. The van der Waals surface area contributed by atoms with E-state index >= 15 is 0 Å². The predicted molar refractivity (Wildman–Crippen MR) is 53.1 cm³/mol. The summed E-state index contributed by atoms with van der Waals surface area (Å²) in [5.41, 5.74) is 6.57. The van der Waals surface area contributed by atoms with Gasteiger partial charge in [0.2, 0.25) is 5.91 Å². The minimum absolute atomic E-state index is 0.0228. The van der Waals surface area contributed by atoms with Gasteiger partial charge in [-0.3, -0.25) is 4.79 Å². The Balaban J connectivity index is 2.66. The lowest BCUT2D eigenvalue weighted by Crippen LogP contribution is -2.08. The first-order valence-corrected chi connectivity index (χ1v) is 4.19. The fourth-order valence-corrected chi connectivity index (χ4v) is 0.927. The van der Waals surface area contributed by atoms with Crippen LogP contribution in [0.1, 0.15) is 17.5 Å². The Kier molecular flexibility index (Phi) is 3.71. The molecular formula is C11H11NO2. The Labute approximate surface area is 82.6 Å². The minimum atomic E-state index is -0.426. The number of hydrogen-bond donors (Lipinski definition) is 2. The van der Waals surface area contributed by atoms with Gasteiger partial charge in [0.15, 0.2) is 0 Å². The van der Waals surface area contributed by atoms with Crippen molar-refractivity contribution < 1.29 is 9.90 Å². The van der Waals surface area contributed by atoms with Crippen molar-refractivity contribution in [3.8, 4) is 11.8 Å². The maximum Gasteiger partial charge on any atom is 0.229 e. The van der Waals surface area contributed by atoms with E-state index in [0.29, 0.717) is 0 Å². The largest absolute Gasteiger partial charge is 0.392 e. The molecule has 0 bridgehead atoms. The van der Waals surface area contributed by atoms with Crippen LogP contribution in [0.15, 0.2) is 24.3 Å². The van der Waals surface area contributed by atoms with Crippen molar-refractivity contribution in [1.82, 2.24) is 0 Å². The summed E-state index contributed by atoms with van der Waals surface area (Å²) in [6.07, 6.45) is 0.0712. The van der Waals surface area contributed by atoms with E-state index < -0.39 is 5.91 Å². The number of aliphatic hydroxyl groups is 1. The number of benzene rings is 1. The van der Waals surface area contributed by atoms with E-state index in [4.69, 9.17) is 10.8 Å². The Bertz CT molecular complexity index is 371. The van der Waals surface area contributed by atoms with Crippen LogP contribution in [0.3, 0.4) is 0 Å². The highest BCUT2D eigenvalue weighted by atomic mass is 16.3. The Morgan fingerprint density at radius 2 is 2.00 bits per heavy atom. The second-order valence-corrected chi connectivity index (χ2v) is 2.80. The molecule has 72 valence electrons. The number of carbonyl (C=O) groups is 1. The van der Waals surface area contributed by atoms with Crippen LogP contribution in [0.5, 0.6) is 0 Å². The van der Waals surface area contributed by atoms with Crippen LogP contribution < -0.4 is 5.73 Å². The maximum atomic E-state index is 10.4. The average molecular weight is 189 g/mol. The van der Waals surface area contributed by atoms with Crippen LogP contribution in [0.4, 0.5) is 0 Å². The van der Waals surface area contributed by atoms with Crippen LogP contribution in [-0.2, 0) is 11.4 Å². The molecule has 0 aromatic heterocycles. The summed E-state index contributed by atoms with van der Waals surface area (Å²) in [6.45, 7) is 0.0228. The van der Waals surface area contributed by atoms with Crippen LogP contribution in [0, 0.1) is 11.8 Å². The topological polar surface area (TPSA) is 63.3 Å². The fraction of sp³-hybridized carbons (Fsp3) is 0.182. The van der Waals surface area contributed by atoms with E-state index in [-0.39, 0.29) is 13.0 Å². The van der Waals surface area contributed by atoms with Gasteiger partial charge in [-0.2, -0.15) is 0 Å². The first-order chi connectivity index (χ1) is 6.72. The van der Waals surface area contributed by atoms with Crippen molar-refractivity contribution in [3.05, 3.63) is 35.4 Å². The molecule has 0 heterocycles. The normalized spacial score (nSPS) is 8.93. The van der Waals surface area contributed by atoms with Gasteiger partial charge in [-0.25, -0.2) is 0 Å². The molecule has 0 aliphatic heterocycles. The van der Waals surface area contributed by atoms with Gasteiger partial charge in [-0.15, -0.1) is 0 Å². The van der Waals surface area contributed by atoms with Crippen molar-refractivity contribution in [1.29, 1.82) is 0 Å². The molecule has 1 rings (SSSR count). The van der Waals surface area contributed by atoms with Crippen molar-refractivity contribution in [3.63, 3.8) is 0 Å². The number of amides is 1. The second-order valence-electron chi connectivity index (χ2n) is 2.80. The van der Waals surface area contributed by atoms with Crippen molar-refractivity contribution in [2.75, 3.05) is 0 Å². The Morgan fingerprint density at radius 3 is 2.50 bits per heavy atom. The van der Waals surface area contributed by atoms with Crippen LogP contribution in [0.2, 0.25) is 0 Å². The molecule has 0 atom stereocenters. The second kappa shape index (κ2) is 5.05. The molecule has 3 heteroatoms. The SMILES string of the molecule is NC(=O)CC#Cc1ccc(CO)cc1. The highest BCUT2D eigenvalue weighted by Crippen LogP contribution is 2.02. The van der Waals surface area contributed by atoms with Gasteiger partial charge in [-0.1, -0.05) is 24.0 Å². The number of carbonyl (C=O) groups excluding carboxylic acids is 1. The van der Waals surface area contributed by atoms with Gasteiger partial charge in [-0.05, 0) is 17.7 Å². The zero-order chi connectivity index (χ0) is 10.4. The molecular weight excluding hydrogens is 178 g/mol. The molecule has 0 saturated heterocycles. The van der Waals surface area contributed by atoms with Gasteiger partial charge in [0.1, 0.15) is 0 Å². The summed E-state index contributed by atoms with van der Waals surface area (Å²) in [5.74, 6) is 5.02. The van der Waals surface area contributed by atoms with E-state index in [2.05, 4.69) is 11.8 Å². The Hall–Kier alpha value is -1.79. The van der Waals surface area contributed by atoms with Crippen molar-refractivity contribution in [2.24, 2.45) is 5.73 Å². The average Bonchev–Trinajstić information content (AvgIpc) is 2.18. The predicted octanol–water partition coefficient (Wildman–Crippen LogP) is 0.406. The first kappa shape index (κ1) is 10.3. The number of primary amides is 1. The highest BCUT2D eigenvalue weighted by Gasteiger charge is 1.90. The van der Waals surface area contributed by atoms with E-state index in [0.717, 1.165) is 11.1 Å². The third kappa shape index (κ3) is 3.30. The number of nitrogens with two attached hydrogens (primary N) is 1. The molecule has 3 N–H and O–H groups in total. The minimum Gasteiger partial charge on any atom is -0.392 e. The molecule has 0 aliphatic rings. The van der Waals surface area contributed by atoms with Gasteiger partial charge < -0.3 is 10.8 Å².